The Morgan fingerprint density at radius 2 is 1.87 bits per heavy atom. The molecule has 1 rings (SSSR count). The SMILES string of the molecule is O=C1CCC(CSCCC(F)(F)F)CC1. The van der Waals surface area contributed by atoms with Gasteiger partial charge in [-0.15, -0.1) is 0 Å². The average molecular weight is 240 g/mol. The van der Waals surface area contributed by atoms with Gasteiger partial charge in [-0.1, -0.05) is 0 Å². The van der Waals surface area contributed by atoms with Crippen molar-refractivity contribution in [1.82, 2.24) is 0 Å². The van der Waals surface area contributed by atoms with E-state index in [-0.39, 0.29) is 5.75 Å². The lowest BCUT2D eigenvalue weighted by molar-refractivity contribution is -0.129. The van der Waals surface area contributed by atoms with Crippen molar-refractivity contribution in [3.8, 4) is 0 Å². The number of Topliss-reactive ketones (excluding diaryl/α,β-unsaturated/α-hetero) is 1. The van der Waals surface area contributed by atoms with Crippen molar-refractivity contribution in [2.24, 2.45) is 5.92 Å². The monoisotopic (exact) mass is 240 g/mol. The zero-order chi connectivity index (χ0) is 11.3. The Kier molecular flexibility index (Phi) is 4.96. The molecule has 0 aromatic rings. The van der Waals surface area contributed by atoms with E-state index in [1.165, 1.54) is 11.8 Å². The third kappa shape index (κ3) is 6.07. The number of alkyl halides is 3. The molecular formula is C10H15F3OS. The van der Waals surface area contributed by atoms with Gasteiger partial charge in [0.05, 0.1) is 6.42 Å². The molecule has 5 heteroatoms. The molecule has 0 aromatic carbocycles. The Morgan fingerprint density at radius 3 is 2.40 bits per heavy atom. The van der Waals surface area contributed by atoms with E-state index in [0.29, 0.717) is 24.5 Å². The molecule has 1 fully saturated rings. The first-order chi connectivity index (χ1) is 6.97. The van der Waals surface area contributed by atoms with Gasteiger partial charge >= 0.3 is 6.18 Å². The van der Waals surface area contributed by atoms with Gasteiger partial charge in [0, 0.05) is 18.6 Å². The van der Waals surface area contributed by atoms with Gasteiger partial charge in [-0.2, -0.15) is 24.9 Å². The summed E-state index contributed by atoms with van der Waals surface area (Å²) in [4.78, 5) is 10.9. The third-order valence-corrected chi connectivity index (χ3v) is 3.75. The third-order valence-electron chi connectivity index (χ3n) is 2.55. The van der Waals surface area contributed by atoms with E-state index in [0.717, 1.165) is 18.6 Å². The Hall–Kier alpha value is -0.190. The number of hydrogen-bond donors (Lipinski definition) is 0. The van der Waals surface area contributed by atoms with E-state index in [4.69, 9.17) is 0 Å². The Balaban J connectivity index is 2.03. The predicted octanol–water partition coefficient (Wildman–Crippen LogP) is 3.43. The Morgan fingerprint density at radius 1 is 1.27 bits per heavy atom. The van der Waals surface area contributed by atoms with E-state index in [9.17, 15) is 18.0 Å². The highest BCUT2D eigenvalue weighted by molar-refractivity contribution is 7.99. The number of thioether (sulfide) groups is 1. The summed E-state index contributed by atoms with van der Waals surface area (Å²) >= 11 is 1.36. The van der Waals surface area contributed by atoms with Crippen LogP contribution in [0.5, 0.6) is 0 Å². The molecule has 0 heterocycles. The van der Waals surface area contributed by atoms with E-state index in [2.05, 4.69) is 0 Å². The summed E-state index contributed by atoms with van der Waals surface area (Å²) in [6, 6.07) is 0. The standard InChI is InChI=1S/C10H15F3OS/c11-10(12,13)5-6-15-7-8-1-3-9(14)4-2-8/h8H,1-7H2. The first-order valence-electron chi connectivity index (χ1n) is 5.13. The summed E-state index contributed by atoms with van der Waals surface area (Å²) in [6.45, 7) is 0. The van der Waals surface area contributed by atoms with Crippen LogP contribution in [0.1, 0.15) is 32.1 Å². The molecule has 1 aliphatic carbocycles. The van der Waals surface area contributed by atoms with Gasteiger partial charge in [0.2, 0.25) is 0 Å². The second-order valence-corrected chi connectivity index (χ2v) is 5.07. The molecule has 0 N–H and O–H groups in total. The Labute approximate surface area is 91.8 Å². The van der Waals surface area contributed by atoms with E-state index < -0.39 is 12.6 Å². The van der Waals surface area contributed by atoms with Crippen molar-refractivity contribution in [3.05, 3.63) is 0 Å². The molecule has 0 saturated heterocycles. The zero-order valence-corrected chi connectivity index (χ0v) is 9.29. The number of carbonyl (C=O) groups excluding carboxylic acids is 1. The van der Waals surface area contributed by atoms with Gasteiger partial charge in [-0.25, -0.2) is 0 Å². The fourth-order valence-electron chi connectivity index (χ4n) is 1.60. The number of carbonyl (C=O) groups is 1. The minimum atomic E-state index is -4.03. The molecule has 0 amide bonds. The summed E-state index contributed by atoms with van der Waals surface area (Å²) < 4.78 is 35.4. The lowest BCUT2D eigenvalue weighted by Gasteiger charge is -2.20. The van der Waals surface area contributed by atoms with Crippen LogP contribution in [0.4, 0.5) is 13.2 Å². The van der Waals surface area contributed by atoms with Crippen molar-refractivity contribution in [1.29, 1.82) is 0 Å². The lowest BCUT2D eigenvalue weighted by atomic mass is 9.90. The fourth-order valence-corrected chi connectivity index (χ4v) is 2.81. The fraction of sp³-hybridized carbons (Fsp3) is 0.900. The zero-order valence-electron chi connectivity index (χ0n) is 8.48. The average Bonchev–Trinajstić information content (AvgIpc) is 2.14. The number of rotatable bonds is 4. The summed E-state index contributed by atoms with van der Waals surface area (Å²) in [6.07, 6.45) is -1.79. The van der Waals surface area contributed by atoms with Crippen LogP contribution in [0.15, 0.2) is 0 Å². The van der Waals surface area contributed by atoms with E-state index >= 15 is 0 Å². The molecule has 0 unspecified atom stereocenters. The first kappa shape index (κ1) is 12.9. The topological polar surface area (TPSA) is 17.1 Å². The summed E-state index contributed by atoms with van der Waals surface area (Å²) in [7, 11) is 0. The predicted molar refractivity (Wildman–Crippen MR) is 55.0 cm³/mol. The second-order valence-electron chi connectivity index (χ2n) is 3.92. The van der Waals surface area contributed by atoms with Gasteiger partial charge in [0.15, 0.2) is 0 Å². The van der Waals surface area contributed by atoms with Crippen LogP contribution in [-0.4, -0.2) is 23.5 Å². The molecule has 1 saturated carbocycles. The molecule has 0 spiro atoms. The minimum Gasteiger partial charge on any atom is -0.300 e. The summed E-state index contributed by atoms with van der Waals surface area (Å²) in [5.74, 6) is 1.66. The molecule has 88 valence electrons. The van der Waals surface area contributed by atoms with Gasteiger partial charge < -0.3 is 0 Å². The molecule has 0 bridgehead atoms. The van der Waals surface area contributed by atoms with Crippen LogP contribution >= 0.6 is 11.8 Å². The first-order valence-corrected chi connectivity index (χ1v) is 6.29. The van der Waals surface area contributed by atoms with Crippen LogP contribution in [0.2, 0.25) is 0 Å². The Bertz CT molecular complexity index is 205. The maximum absolute atomic E-state index is 11.8. The highest BCUT2D eigenvalue weighted by Crippen LogP contribution is 2.27. The summed E-state index contributed by atoms with van der Waals surface area (Å²) in [5.41, 5.74) is 0. The molecule has 0 aromatic heterocycles. The van der Waals surface area contributed by atoms with Crippen LogP contribution in [0.3, 0.4) is 0 Å². The molecule has 0 atom stereocenters. The van der Waals surface area contributed by atoms with Crippen molar-refractivity contribution in [2.45, 2.75) is 38.3 Å². The van der Waals surface area contributed by atoms with Crippen LogP contribution in [-0.2, 0) is 4.79 Å². The molecule has 15 heavy (non-hydrogen) atoms. The molecular weight excluding hydrogens is 225 g/mol. The van der Waals surface area contributed by atoms with Crippen LogP contribution < -0.4 is 0 Å². The molecule has 1 aliphatic rings. The maximum Gasteiger partial charge on any atom is 0.389 e. The lowest BCUT2D eigenvalue weighted by Crippen LogP contribution is -2.16. The second kappa shape index (κ2) is 5.77. The van der Waals surface area contributed by atoms with Crippen molar-refractivity contribution in [2.75, 3.05) is 11.5 Å². The van der Waals surface area contributed by atoms with Crippen LogP contribution in [0.25, 0.3) is 0 Å². The van der Waals surface area contributed by atoms with Crippen molar-refractivity contribution < 1.29 is 18.0 Å². The smallest absolute Gasteiger partial charge is 0.300 e. The molecule has 1 nitrogen and oxygen atoms in total. The van der Waals surface area contributed by atoms with Gasteiger partial charge in [-0.05, 0) is 24.5 Å². The largest absolute Gasteiger partial charge is 0.389 e. The summed E-state index contributed by atoms with van der Waals surface area (Å²) in [5, 5.41) is 0. The van der Waals surface area contributed by atoms with Gasteiger partial charge in [0.25, 0.3) is 0 Å². The highest BCUT2D eigenvalue weighted by atomic mass is 32.2. The number of hydrogen-bond acceptors (Lipinski definition) is 2. The molecule has 0 radical (unpaired) electrons. The van der Waals surface area contributed by atoms with Gasteiger partial charge in [-0.3, -0.25) is 4.79 Å². The highest BCUT2D eigenvalue weighted by Gasteiger charge is 2.26. The minimum absolute atomic E-state index is 0.147. The quantitative estimate of drug-likeness (QED) is 0.700. The number of halogens is 3. The number of ketones is 1. The van der Waals surface area contributed by atoms with Gasteiger partial charge in [0.1, 0.15) is 5.78 Å². The normalized spacial score (nSPS) is 19.5. The van der Waals surface area contributed by atoms with Crippen molar-refractivity contribution >= 4 is 17.5 Å². The van der Waals surface area contributed by atoms with Crippen LogP contribution in [0, 0.1) is 5.92 Å². The van der Waals surface area contributed by atoms with E-state index in [1.54, 1.807) is 0 Å². The van der Waals surface area contributed by atoms with Crippen molar-refractivity contribution in [3.63, 3.8) is 0 Å². The van der Waals surface area contributed by atoms with E-state index in [1.807, 2.05) is 0 Å². The molecule has 0 aliphatic heterocycles. The maximum atomic E-state index is 11.8.